The van der Waals surface area contributed by atoms with E-state index in [0.29, 0.717) is 12.1 Å². The van der Waals surface area contributed by atoms with Crippen LogP contribution in [-0.2, 0) is 0 Å². The first kappa shape index (κ1) is 15.0. The second-order valence-electron chi connectivity index (χ2n) is 5.88. The van der Waals surface area contributed by atoms with Gasteiger partial charge in [0.25, 0.3) is 0 Å². The second kappa shape index (κ2) is 8.10. The Bertz CT molecular complexity index is 193. The fraction of sp³-hybridized carbons (Fsp3) is 1.00. The summed E-state index contributed by atoms with van der Waals surface area (Å²) in [4.78, 5) is 2.71. The maximum absolute atomic E-state index is 3.68. The quantitative estimate of drug-likeness (QED) is 0.765. The van der Waals surface area contributed by atoms with Crippen molar-refractivity contribution in [1.82, 2.24) is 10.2 Å². The minimum absolute atomic E-state index is 0.671. The largest absolute Gasteiger partial charge is 0.313 e. The van der Waals surface area contributed by atoms with Crippen LogP contribution in [0.15, 0.2) is 0 Å². The predicted octanol–water partition coefficient (Wildman–Crippen LogP) is 3.42. The molecule has 1 aliphatic heterocycles. The van der Waals surface area contributed by atoms with Crippen molar-refractivity contribution in [3.8, 4) is 0 Å². The maximum atomic E-state index is 3.68. The predicted molar refractivity (Wildman–Crippen MR) is 76.5 cm³/mol. The van der Waals surface area contributed by atoms with Crippen molar-refractivity contribution in [2.75, 3.05) is 13.1 Å². The first-order valence-electron chi connectivity index (χ1n) is 7.64. The molecule has 1 aliphatic rings. The summed E-state index contributed by atoms with van der Waals surface area (Å²) in [6, 6.07) is 2.13. The Kier molecular flexibility index (Phi) is 7.14. The van der Waals surface area contributed by atoms with E-state index in [1.165, 1.54) is 45.1 Å². The van der Waals surface area contributed by atoms with Gasteiger partial charge in [0.15, 0.2) is 0 Å². The van der Waals surface area contributed by atoms with Gasteiger partial charge in [-0.2, -0.15) is 0 Å². The highest BCUT2D eigenvalue weighted by Crippen LogP contribution is 2.18. The third-order valence-corrected chi connectivity index (χ3v) is 4.15. The fourth-order valence-corrected chi connectivity index (χ4v) is 2.98. The van der Waals surface area contributed by atoms with Crippen molar-refractivity contribution in [2.24, 2.45) is 0 Å². The first-order chi connectivity index (χ1) is 8.15. The average Bonchev–Trinajstić information content (AvgIpc) is 2.51. The molecule has 2 heteroatoms. The van der Waals surface area contributed by atoms with Gasteiger partial charge >= 0.3 is 0 Å². The van der Waals surface area contributed by atoms with Crippen LogP contribution in [0.5, 0.6) is 0 Å². The molecule has 0 spiro atoms. The van der Waals surface area contributed by atoms with Crippen LogP contribution in [0.4, 0.5) is 0 Å². The van der Waals surface area contributed by atoms with Crippen molar-refractivity contribution in [2.45, 2.75) is 84.3 Å². The highest BCUT2D eigenvalue weighted by molar-refractivity contribution is 4.78. The Hall–Kier alpha value is -0.0800. The van der Waals surface area contributed by atoms with Crippen LogP contribution in [0.1, 0.15) is 66.2 Å². The zero-order valence-corrected chi connectivity index (χ0v) is 12.3. The number of likely N-dealkylation sites (tertiary alicyclic amines) is 1. The topological polar surface area (TPSA) is 15.3 Å². The number of rotatable bonds is 6. The number of hydrogen-bond acceptors (Lipinski definition) is 2. The summed E-state index contributed by atoms with van der Waals surface area (Å²) in [6.45, 7) is 11.8. The monoisotopic (exact) mass is 240 g/mol. The minimum Gasteiger partial charge on any atom is -0.313 e. The Balaban J connectivity index is 2.31. The van der Waals surface area contributed by atoms with Crippen molar-refractivity contribution in [1.29, 1.82) is 0 Å². The summed E-state index contributed by atoms with van der Waals surface area (Å²) >= 11 is 0. The number of hydrogen-bond donors (Lipinski definition) is 1. The van der Waals surface area contributed by atoms with E-state index in [1.807, 2.05) is 0 Å². The summed E-state index contributed by atoms with van der Waals surface area (Å²) in [5.74, 6) is 0. The molecule has 1 N–H and O–H groups in total. The molecular formula is C15H32N2. The highest BCUT2D eigenvalue weighted by atomic mass is 15.2. The normalized spacial score (nSPS) is 26.5. The molecular weight excluding hydrogens is 208 g/mol. The molecule has 0 amide bonds. The van der Waals surface area contributed by atoms with Crippen LogP contribution in [0.3, 0.4) is 0 Å². The molecule has 1 saturated heterocycles. The molecule has 0 bridgehead atoms. The van der Waals surface area contributed by atoms with E-state index in [2.05, 4.69) is 37.9 Å². The molecule has 0 aromatic rings. The number of nitrogens with one attached hydrogen (secondary N) is 1. The molecule has 1 rings (SSSR count). The zero-order chi connectivity index (χ0) is 12.7. The minimum atomic E-state index is 0.671. The summed E-state index contributed by atoms with van der Waals surface area (Å²) in [5.41, 5.74) is 0. The van der Waals surface area contributed by atoms with Gasteiger partial charge in [-0.05, 0) is 46.6 Å². The van der Waals surface area contributed by atoms with Gasteiger partial charge in [0.05, 0.1) is 0 Å². The molecule has 102 valence electrons. The molecule has 0 aliphatic carbocycles. The highest BCUT2D eigenvalue weighted by Gasteiger charge is 2.21. The molecule has 2 nitrogen and oxygen atoms in total. The van der Waals surface area contributed by atoms with Crippen LogP contribution in [0, 0.1) is 0 Å². The lowest BCUT2D eigenvalue weighted by atomic mass is 10.1. The lowest BCUT2D eigenvalue weighted by molar-refractivity contribution is 0.152. The molecule has 3 unspecified atom stereocenters. The van der Waals surface area contributed by atoms with Crippen LogP contribution >= 0.6 is 0 Å². The summed E-state index contributed by atoms with van der Waals surface area (Å²) in [6.07, 6.45) is 8.19. The van der Waals surface area contributed by atoms with Gasteiger partial charge in [-0.1, -0.05) is 26.2 Å². The van der Waals surface area contributed by atoms with E-state index < -0.39 is 0 Å². The van der Waals surface area contributed by atoms with E-state index in [9.17, 15) is 0 Å². The van der Waals surface area contributed by atoms with Gasteiger partial charge in [-0.3, -0.25) is 4.90 Å². The summed E-state index contributed by atoms with van der Waals surface area (Å²) in [5, 5.41) is 3.68. The molecule has 1 heterocycles. The van der Waals surface area contributed by atoms with E-state index >= 15 is 0 Å². The molecule has 3 atom stereocenters. The molecule has 0 saturated carbocycles. The maximum Gasteiger partial charge on any atom is 0.0195 e. The Labute approximate surface area is 108 Å². The lowest BCUT2D eigenvalue weighted by Crippen LogP contribution is -2.46. The van der Waals surface area contributed by atoms with Crippen LogP contribution in [0.2, 0.25) is 0 Å². The third-order valence-electron chi connectivity index (χ3n) is 4.15. The lowest BCUT2D eigenvalue weighted by Gasteiger charge is -2.34. The van der Waals surface area contributed by atoms with Crippen molar-refractivity contribution in [3.63, 3.8) is 0 Å². The third kappa shape index (κ3) is 5.39. The molecule has 0 radical (unpaired) electrons. The number of nitrogens with zero attached hydrogens (tertiary/aromatic N) is 1. The second-order valence-corrected chi connectivity index (χ2v) is 5.88. The average molecular weight is 240 g/mol. The standard InChI is InChI=1S/C15H32N2/c1-5-9-13(2)16-12-15(4)17-11-8-6-7-10-14(17)3/h13-16H,5-12H2,1-4H3. The van der Waals surface area contributed by atoms with E-state index in [-0.39, 0.29) is 0 Å². The smallest absolute Gasteiger partial charge is 0.0195 e. The SMILES string of the molecule is CCCC(C)NCC(C)N1CCCCCC1C. The van der Waals surface area contributed by atoms with E-state index in [4.69, 9.17) is 0 Å². The van der Waals surface area contributed by atoms with Gasteiger partial charge in [-0.15, -0.1) is 0 Å². The summed E-state index contributed by atoms with van der Waals surface area (Å²) < 4.78 is 0. The molecule has 0 aromatic carbocycles. The van der Waals surface area contributed by atoms with Crippen molar-refractivity contribution < 1.29 is 0 Å². The Morgan fingerprint density at radius 2 is 2.00 bits per heavy atom. The zero-order valence-electron chi connectivity index (χ0n) is 12.3. The van der Waals surface area contributed by atoms with Crippen molar-refractivity contribution in [3.05, 3.63) is 0 Å². The van der Waals surface area contributed by atoms with Gasteiger partial charge in [-0.25, -0.2) is 0 Å². The van der Waals surface area contributed by atoms with Gasteiger partial charge in [0.1, 0.15) is 0 Å². The molecule has 17 heavy (non-hydrogen) atoms. The molecule has 0 aromatic heterocycles. The van der Waals surface area contributed by atoms with Crippen LogP contribution in [0.25, 0.3) is 0 Å². The van der Waals surface area contributed by atoms with E-state index in [0.717, 1.165) is 12.6 Å². The van der Waals surface area contributed by atoms with Gasteiger partial charge < -0.3 is 5.32 Å². The van der Waals surface area contributed by atoms with Gasteiger partial charge in [0.2, 0.25) is 0 Å². The summed E-state index contributed by atoms with van der Waals surface area (Å²) in [7, 11) is 0. The van der Waals surface area contributed by atoms with Gasteiger partial charge in [0, 0.05) is 24.7 Å². The molecule has 1 fully saturated rings. The Morgan fingerprint density at radius 3 is 2.71 bits per heavy atom. The van der Waals surface area contributed by atoms with E-state index in [1.54, 1.807) is 0 Å². The fourth-order valence-electron chi connectivity index (χ4n) is 2.98. The first-order valence-corrected chi connectivity index (χ1v) is 7.64. The van der Waals surface area contributed by atoms with Crippen LogP contribution < -0.4 is 5.32 Å². The van der Waals surface area contributed by atoms with Crippen molar-refractivity contribution >= 4 is 0 Å². The Morgan fingerprint density at radius 1 is 1.24 bits per heavy atom. The van der Waals surface area contributed by atoms with Crippen LogP contribution in [-0.4, -0.2) is 36.1 Å².